The van der Waals surface area contributed by atoms with Crippen LogP contribution in [0.15, 0.2) is 24.3 Å². The third-order valence-electron chi connectivity index (χ3n) is 3.78. The molecule has 1 aliphatic rings. The van der Waals surface area contributed by atoms with Crippen LogP contribution in [0.25, 0.3) is 0 Å². The predicted octanol–water partition coefficient (Wildman–Crippen LogP) is 1.87. The van der Waals surface area contributed by atoms with Crippen LogP contribution in [0.5, 0.6) is 5.75 Å². The molecule has 1 heterocycles. The molecule has 1 aliphatic heterocycles. The minimum absolute atomic E-state index is 0. The molecule has 5 heteroatoms. The van der Waals surface area contributed by atoms with E-state index in [4.69, 9.17) is 4.74 Å². The quantitative estimate of drug-likeness (QED) is 0.923. The molecule has 112 valence electrons. The van der Waals surface area contributed by atoms with Crippen molar-refractivity contribution in [1.82, 2.24) is 10.2 Å². The van der Waals surface area contributed by atoms with Gasteiger partial charge in [0.2, 0.25) is 5.91 Å². The van der Waals surface area contributed by atoms with Gasteiger partial charge in [0, 0.05) is 18.7 Å². The molecule has 1 aromatic carbocycles. The maximum Gasteiger partial charge on any atom is 0.227 e. The second-order valence-electron chi connectivity index (χ2n) is 4.97. The third kappa shape index (κ3) is 4.12. The maximum absolute atomic E-state index is 12.3. The van der Waals surface area contributed by atoms with Crippen molar-refractivity contribution in [3.8, 4) is 5.75 Å². The molecule has 1 amide bonds. The summed E-state index contributed by atoms with van der Waals surface area (Å²) >= 11 is 0. The number of benzene rings is 1. The minimum atomic E-state index is 0. The number of likely N-dealkylation sites (N-methyl/N-ethyl adjacent to an activating group) is 1. The summed E-state index contributed by atoms with van der Waals surface area (Å²) in [6, 6.07) is 8.07. The summed E-state index contributed by atoms with van der Waals surface area (Å²) in [6.07, 6.45) is 2.48. The largest absolute Gasteiger partial charge is 0.496 e. The van der Waals surface area contributed by atoms with Crippen molar-refractivity contribution in [2.45, 2.75) is 25.3 Å². The van der Waals surface area contributed by atoms with Crippen LogP contribution in [-0.4, -0.2) is 44.1 Å². The Kier molecular flexibility index (Phi) is 6.82. The van der Waals surface area contributed by atoms with E-state index in [1.165, 1.54) is 0 Å². The number of hydrogen-bond donors (Lipinski definition) is 1. The molecule has 1 fully saturated rings. The third-order valence-corrected chi connectivity index (χ3v) is 3.78. The van der Waals surface area contributed by atoms with Crippen molar-refractivity contribution in [2.75, 3.05) is 27.2 Å². The molecule has 2 rings (SSSR count). The van der Waals surface area contributed by atoms with Crippen LogP contribution in [0.4, 0.5) is 0 Å². The molecular weight excluding hydrogens is 276 g/mol. The lowest BCUT2D eigenvalue weighted by atomic mass is 10.0. The fraction of sp³-hybridized carbons (Fsp3) is 0.533. The second-order valence-corrected chi connectivity index (χ2v) is 4.97. The normalized spacial score (nSPS) is 15.3. The van der Waals surface area contributed by atoms with Gasteiger partial charge in [-0.1, -0.05) is 18.2 Å². The van der Waals surface area contributed by atoms with Crippen LogP contribution >= 0.6 is 12.4 Å². The molecule has 1 saturated heterocycles. The molecule has 0 aliphatic carbocycles. The fourth-order valence-electron chi connectivity index (χ4n) is 2.53. The molecule has 0 radical (unpaired) electrons. The fourth-order valence-corrected chi connectivity index (χ4v) is 2.53. The van der Waals surface area contributed by atoms with Crippen molar-refractivity contribution < 1.29 is 9.53 Å². The summed E-state index contributed by atoms with van der Waals surface area (Å²) in [6.45, 7) is 1.99. The number of halogens is 1. The van der Waals surface area contributed by atoms with Crippen LogP contribution in [0.2, 0.25) is 0 Å². The molecule has 0 bridgehead atoms. The van der Waals surface area contributed by atoms with Crippen LogP contribution in [0.3, 0.4) is 0 Å². The van der Waals surface area contributed by atoms with Crippen molar-refractivity contribution in [3.63, 3.8) is 0 Å². The number of piperidine rings is 1. The van der Waals surface area contributed by atoms with Gasteiger partial charge in [-0.2, -0.15) is 0 Å². The Bertz CT molecular complexity index is 434. The van der Waals surface area contributed by atoms with Gasteiger partial charge in [0.15, 0.2) is 0 Å². The maximum atomic E-state index is 12.3. The summed E-state index contributed by atoms with van der Waals surface area (Å²) < 4.78 is 5.29. The number of rotatable bonds is 4. The van der Waals surface area contributed by atoms with Crippen molar-refractivity contribution in [2.24, 2.45) is 0 Å². The lowest BCUT2D eigenvalue weighted by molar-refractivity contribution is -0.131. The highest BCUT2D eigenvalue weighted by atomic mass is 35.5. The van der Waals surface area contributed by atoms with E-state index < -0.39 is 0 Å². The zero-order chi connectivity index (χ0) is 13.7. The molecule has 0 unspecified atom stereocenters. The molecule has 0 atom stereocenters. The van der Waals surface area contributed by atoms with E-state index in [0.29, 0.717) is 12.5 Å². The second kappa shape index (κ2) is 8.12. The van der Waals surface area contributed by atoms with E-state index in [1.807, 2.05) is 36.2 Å². The molecule has 0 aromatic heterocycles. The first-order chi connectivity index (χ1) is 9.22. The van der Waals surface area contributed by atoms with E-state index in [-0.39, 0.29) is 18.3 Å². The molecule has 4 nitrogen and oxygen atoms in total. The molecule has 0 spiro atoms. The Morgan fingerprint density at radius 1 is 1.35 bits per heavy atom. The van der Waals surface area contributed by atoms with E-state index in [9.17, 15) is 4.79 Å². The highest BCUT2D eigenvalue weighted by Crippen LogP contribution is 2.19. The average Bonchev–Trinajstić information content (AvgIpc) is 2.48. The Labute approximate surface area is 126 Å². The van der Waals surface area contributed by atoms with Gasteiger partial charge in [0.1, 0.15) is 5.75 Å². The number of carbonyl (C=O) groups is 1. The zero-order valence-corrected chi connectivity index (χ0v) is 12.9. The number of ether oxygens (including phenoxy) is 1. The summed E-state index contributed by atoms with van der Waals surface area (Å²) in [5, 5.41) is 3.32. The molecule has 0 saturated carbocycles. The van der Waals surface area contributed by atoms with Gasteiger partial charge < -0.3 is 15.0 Å². The van der Waals surface area contributed by atoms with Crippen LogP contribution in [-0.2, 0) is 11.2 Å². The molecule has 20 heavy (non-hydrogen) atoms. The smallest absolute Gasteiger partial charge is 0.227 e. The predicted molar refractivity (Wildman–Crippen MR) is 82.6 cm³/mol. The van der Waals surface area contributed by atoms with Gasteiger partial charge in [0.25, 0.3) is 0 Å². The van der Waals surface area contributed by atoms with Crippen LogP contribution < -0.4 is 10.1 Å². The van der Waals surface area contributed by atoms with Gasteiger partial charge in [-0.25, -0.2) is 0 Å². The summed E-state index contributed by atoms with van der Waals surface area (Å²) in [7, 11) is 3.55. The van der Waals surface area contributed by atoms with Gasteiger partial charge in [-0.15, -0.1) is 12.4 Å². The van der Waals surface area contributed by atoms with Crippen molar-refractivity contribution in [3.05, 3.63) is 29.8 Å². The van der Waals surface area contributed by atoms with E-state index in [2.05, 4.69) is 5.32 Å². The molecular formula is C15H23ClN2O2. The van der Waals surface area contributed by atoms with Crippen LogP contribution in [0.1, 0.15) is 18.4 Å². The number of para-hydroxylation sites is 1. The topological polar surface area (TPSA) is 41.6 Å². The first-order valence-corrected chi connectivity index (χ1v) is 6.80. The number of amides is 1. The lowest BCUT2D eigenvalue weighted by Gasteiger charge is -2.31. The Morgan fingerprint density at radius 2 is 2.00 bits per heavy atom. The first-order valence-electron chi connectivity index (χ1n) is 6.80. The summed E-state index contributed by atoms with van der Waals surface area (Å²) in [5.74, 6) is 0.950. The van der Waals surface area contributed by atoms with E-state index >= 15 is 0 Å². The number of methoxy groups -OCH3 is 1. The van der Waals surface area contributed by atoms with Crippen molar-refractivity contribution >= 4 is 18.3 Å². The van der Waals surface area contributed by atoms with Gasteiger partial charge in [-0.3, -0.25) is 4.79 Å². The highest BCUT2D eigenvalue weighted by Gasteiger charge is 2.22. The van der Waals surface area contributed by atoms with E-state index in [1.54, 1.807) is 7.11 Å². The summed E-state index contributed by atoms with van der Waals surface area (Å²) in [5.41, 5.74) is 0.954. The number of carbonyl (C=O) groups excluding carboxylic acids is 1. The SMILES string of the molecule is COc1ccccc1CC(=O)N(C)C1CCNCC1.Cl. The zero-order valence-electron chi connectivity index (χ0n) is 12.1. The Hall–Kier alpha value is -1.26. The average molecular weight is 299 g/mol. The van der Waals surface area contributed by atoms with E-state index in [0.717, 1.165) is 37.2 Å². The highest BCUT2D eigenvalue weighted by molar-refractivity contribution is 5.85. The molecule has 1 aromatic rings. The molecule has 1 N–H and O–H groups in total. The Morgan fingerprint density at radius 3 is 2.65 bits per heavy atom. The van der Waals surface area contributed by atoms with Gasteiger partial charge in [-0.05, 0) is 32.0 Å². The van der Waals surface area contributed by atoms with Crippen LogP contribution in [0, 0.1) is 0 Å². The number of nitrogens with zero attached hydrogens (tertiary/aromatic N) is 1. The number of hydrogen-bond acceptors (Lipinski definition) is 3. The first kappa shape index (κ1) is 16.8. The standard InChI is InChI=1S/C15H22N2O2.ClH/c1-17(13-7-9-16-10-8-13)15(18)11-12-5-3-4-6-14(12)19-2;/h3-6,13,16H,7-11H2,1-2H3;1H. The Balaban J connectivity index is 0.00000200. The van der Waals surface area contributed by atoms with Gasteiger partial charge in [0.05, 0.1) is 13.5 Å². The minimum Gasteiger partial charge on any atom is -0.496 e. The lowest BCUT2D eigenvalue weighted by Crippen LogP contribution is -2.44. The van der Waals surface area contributed by atoms with Gasteiger partial charge >= 0.3 is 0 Å². The summed E-state index contributed by atoms with van der Waals surface area (Å²) in [4.78, 5) is 14.2. The monoisotopic (exact) mass is 298 g/mol. The van der Waals surface area contributed by atoms with Crippen molar-refractivity contribution in [1.29, 1.82) is 0 Å². The number of nitrogens with one attached hydrogen (secondary N) is 1.